The Morgan fingerprint density at radius 2 is 2.62 bits per heavy atom. The molecule has 0 aliphatic carbocycles. The number of aryl methyl sites for hydroxylation is 1. The molecule has 1 fully saturated rings. The van der Waals surface area contributed by atoms with E-state index in [0.717, 1.165) is 18.5 Å². The van der Waals surface area contributed by atoms with E-state index in [2.05, 4.69) is 10.4 Å². The first-order valence-electron chi connectivity index (χ1n) is 4.59. The van der Waals surface area contributed by atoms with Gasteiger partial charge in [0.25, 0.3) is 0 Å². The molecule has 1 aromatic rings. The largest absolute Gasteiger partial charge is 0.388 e. The van der Waals surface area contributed by atoms with Gasteiger partial charge in [0.15, 0.2) is 0 Å². The zero-order chi connectivity index (χ0) is 9.31. The summed E-state index contributed by atoms with van der Waals surface area (Å²) in [6.45, 7) is 1.61. The maximum atomic E-state index is 10.1. The topological polar surface area (TPSA) is 50.1 Å². The minimum absolute atomic E-state index is 0.553. The van der Waals surface area contributed by atoms with Gasteiger partial charge in [0.05, 0.1) is 11.8 Å². The molecule has 2 N–H and O–H groups in total. The lowest BCUT2D eigenvalue weighted by Crippen LogP contribution is -2.33. The molecule has 1 unspecified atom stereocenters. The Hall–Kier alpha value is -0.870. The summed E-state index contributed by atoms with van der Waals surface area (Å²) in [5, 5.41) is 17.3. The highest BCUT2D eigenvalue weighted by Crippen LogP contribution is 2.19. The molecule has 1 aliphatic heterocycles. The standard InChI is InChI=1S/C9H15N3O/c1-12-6-8(5-11-12)4-9(13)2-3-10-7-9/h5-6,10,13H,2-4,7H2,1H3. The Morgan fingerprint density at radius 3 is 3.15 bits per heavy atom. The second kappa shape index (κ2) is 3.12. The highest BCUT2D eigenvalue weighted by Gasteiger charge is 2.31. The zero-order valence-corrected chi connectivity index (χ0v) is 7.82. The Labute approximate surface area is 77.6 Å². The maximum absolute atomic E-state index is 10.1. The molecule has 1 aliphatic rings. The van der Waals surface area contributed by atoms with Crippen LogP contribution in [0.4, 0.5) is 0 Å². The Morgan fingerprint density at radius 1 is 1.77 bits per heavy atom. The molecular weight excluding hydrogens is 166 g/mol. The fourth-order valence-electron chi connectivity index (χ4n) is 1.82. The van der Waals surface area contributed by atoms with Crippen molar-refractivity contribution < 1.29 is 5.11 Å². The van der Waals surface area contributed by atoms with Crippen LogP contribution >= 0.6 is 0 Å². The lowest BCUT2D eigenvalue weighted by molar-refractivity contribution is 0.0619. The summed E-state index contributed by atoms with van der Waals surface area (Å²) < 4.78 is 1.76. The Kier molecular flexibility index (Phi) is 2.09. The molecule has 0 saturated carbocycles. The van der Waals surface area contributed by atoms with E-state index in [1.54, 1.807) is 4.68 Å². The normalized spacial score (nSPS) is 28.2. The van der Waals surface area contributed by atoms with Gasteiger partial charge in [-0.3, -0.25) is 4.68 Å². The van der Waals surface area contributed by atoms with E-state index in [9.17, 15) is 5.11 Å². The van der Waals surface area contributed by atoms with E-state index in [4.69, 9.17) is 0 Å². The van der Waals surface area contributed by atoms with Gasteiger partial charge in [0.1, 0.15) is 0 Å². The van der Waals surface area contributed by atoms with Crippen LogP contribution in [0, 0.1) is 0 Å². The lowest BCUT2D eigenvalue weighted by atomic mass is 9.96. The highest BCUT2D eigenvalue weighted by atomic mass is 16.3. The van der Waals surface area contributed by atoms with Crippen molar-refractivity contribution in [3.8, 4) is 0 Å². The van der Waals surface area contributed by atoms with Gasteiger partial charge in [-0.05, 0) is 18.5 Å². The van der Waals surface area contributed by atoms with Crippen LogP contribution in [-0.4, -0.2) is 33.6 Å². The minimum Gasteiger partial charge on any atom is -0.388 e. The fourth-order valence-corrected chi connectivity index (χ4v) is 1.82. The number of nitrogens with one attached hydrogen (secondary N) is 1. The van der Waals surface area contributed by atoms with E-state index < -0.39 is 5.60 Å². The molecule has 2 rings (SSSR count). The second-order valence-electron chi connectivity index (χ2n) is 3.85. The van der Waals surface area contributed by atoms with Crippen LogP contribution in [0.1, 0.15) is 12.0 Å². The summed E-state index contributed by atoms with van der Waals surface area (Å²) in [5.41, 5.74) is 0.553. The van der Waals surface area contributed by atoms with Crippen molar-refractivity contribution in [3.05, 3.63) is 18.0 Å². The summed E-state index contributed by atoms with van der Waals surface area (Å²) in [6, 6.07) is 0. The number of hydrogen-bond donors (Lipinski definition) is 2. The molecule has 2 heterocycles. The van der Waals surface area contributed by atoms with Crippen LogP contribution in [-0.2, 0) is 13.5 Å². The third kappa shape index (κ3) is 1.89. The Balaban J connectivity index is 2.04. The van der Waals surface area contributed by atoms with Gasteiger partial charge in [-0.25, -0.2) is 0 Å². The molecule has 72 valence electrons. The molecule has 0 aromatic carbocycles. The summed E-state index contributed by atoms with van der Waals surface area (Å²) in [6.07, 6.45) is 5.31. The van der Waals surface area contributed by atoms with Crippen LogP contribution < -0.4 is 5.32 Å². The molecule has 1 aromatic heterocycles. The average molecular weight is 181 g/mol. The highest BCUT2D eigenvalue weighted by molar-refractivity contribution is 5.09. The molecule has 4 nitrogen and oxygen atoms in total. The van der Waals surface area contributed by atoms with E-state index in [1.807, 2.05) is 19.4 Å². The number of β-amino-alcohol motifs (C(OH)–C–C–N with tert-alkyl or cyclic N) is 1. The number of hydrogen-bond acceptors (Lipinski definition) is 3. The van der Waals surface area contributed by atoms with Crippen molar-refractivity contribution in [1.82, 2.24) is 15.1 Å². The second-order valence-corrected chi connectivity index (χ2v) is 3.85. The predicted molar refractivity (Wildman–Crippen MR) is 49.3 cm³/mol. The lowest BCUT2D eigenvalue weighted by Gasteiger charge is -2.19. The summed E-state index contributed by atoms with van der Waals surface area (Å²) in [7, 11) is 1.89. The van der Waals surface area contributed by atoms with Gasteiger partial charge in [-0.1, -0.05) is 0 Å². The van der Waals surface area contributed by atoms with Gasteiger partial charge in [-0.15, -0.1) is 0 Å². The van der Waals surface area contributed by atoms with Crippen molar-refractivity contribution in [3.63, 3.8) is 0 Å². The average Bonchev–Trinajstić information content (AvgIpc) is 2.62. The number of aliphatic hydroxyl groups is 1. The van der Waals surface area contributed by atoms with Gasteiger partial charge in [0, 0.05) is 26.2 Å². The van der Waals surface area contributed by atoms with Gasteiger partial charge < -0.3 is 10.4 Å². The first-order chi connectivity index (χ1) is 6.18. The van der Waals surface area contributed by atoms with Gasteiger partial charge in [0.2, 0.25) is 0 Å². The van der Waals surface area contributed by atoms with Gasteiger partial charge >= 0.3 is 0 Å². The van der Waals surface area contributed by atoms with Crippen LogP contribution in [0.25, 0.3) is 0 Å². The van der Waals surface area contributed by atoms with E-state index in [1.165, 1.54) is 0 Å². The first-order valence-corrected chi connectivity index (χ1v) is 4.59. The van der Waals surface area contributed by atoms with Crippen molar-refractivity contribution in [2.75, 3.05) is 13.1 Å². The third-order valence-corrected chi connectivity index (χ3v) is 2.51. The van der Waals surface area contributed by atoms with Crippen molar-refractivity contribution >= 4 is 0 Å². The molecule has 4 heteroatoms. The van der Waals surface area contributed by atoms with E-state index >= 15 is 0 Å². The van der Waals surface area contributed by atoms with Crippen molar-refractivity contribution in [1.29, 1.82) is 0 Å². The fraction of sp³-hybridized carbons (Fsp3) is 0.667. The number of rotatable bonds is 2. The Bertz CT molecular complexity index is 289. The van der Waals surface area contributed by atoms with E-state index in [-0.39, 0.29) is 0 Å². The zero-order valence-electron chi connectivity index (χ0n) is 7.82. The molecule has 0 amide bonds. The monoisotopic (exact) mass is 181 g/mol. The number of aromatic nitrogens is 2. The maximum Gasteiger partial charge on any atom is 0.0824 e. The third-order valence-electron chi connectivity index (χ3n) is 2.51. The molecule has 0 radical (unpaired) electrons. The van der Waals surface area contributed by atoms with Crippen LogP contribution in [0.3, 0.4) is 0 Å². The molecule has 0 spiro atoms. The molecule has 1 saturated heterocycles. The van der Waals surface area contributed by atoms with Gasteiger partial charge in [-0.2, -0.15) is 5.10 Å². The molecule has 1 atom stereocenters. The summed E-state index contributed by atoms with van der Waals surface area (Å²) in [4.78, 5) is 0. The van der Waals surface area contributed by atoms with Crippen molar-refractivity contribution in [2.45, 2.75) is 18.4 Å². The van der Waals surface area contributed by atoms with Crippen molar-refractivity contribution in [2.24, 2.45) is 7.05 Å². The van der Waals surface area contributed by atoms with Crippen LogP contribution in [0.15, 0.2) is 12.4 Å². The summed E-state index contributed by atoms with van der Waals surface area (Å²) in [5.74, 6) is 0. The predicted octanol–water partition coefficient (Wildman–Crippen LogP) is -0.313. The molecule has 13 heavy (non-hydrogen) atoms. The SMILES string of the molecule is Cn1cc(CC2(O)CCNC2)cn1. The van der Waals surface area contributed by atoms with Crippen LogP contribution in [0.2, 0.25) is 0 Å². The summed E-state index contributed by atoms with van der Waals surface area (Å²) >= 11 is 0. The minimum atomic E-state index is -0.553. The molecule has 0 bridgehead atoms. The smallest absolute Gasteiger partial charge is 0.0824 e. The van der Waals surface area contributed by atoms with Crippen LogP contribution in [0.5, 0.6) is 0 Å². The molecular formula is C9H15N3O. The quantitative estimate of drug-likeness (QED) is 0.658. The first kappa shape index (κ1) is 8.72. The number of nitrogens with zero attached hydrogens (tertiary/aromatic N) is 2. The van der Waals surface area contributed by atoms with E-state index in [0.29, 0.717) is 13.0 Å².